The van der Waals surface area contributed by atoms with Crippen LogP contribution in [0.3, 0.4) is 0 Å². The Morgan fingerprint density at radius 2 is 1.96 bits per heavy atom. The number of hydrazone groups is 1. The molecule has 24 heavy (non-hydrogen) atoms. The SMILES string of the molecule is CC(=NNC(=O)c1ccc(Cl)s1)c1cccc(NC(=O)C(C)C)c1. The zero-order valence-electron chi connectivity index (χ0n) is 13.6. The number of hydrogen-bond donors (Lipinski definition) is 2. The van der Waals surface area contributed by atoms with Crippen molar-refractivity contribution in [2.45, 2.75) is 20.8 Å². The van der Waals surface area contributed by atoms with Gasteiger partial charge in [0.2, 0.25) is 5.91 Å². The van der Waals surface area contributed by atoms with Crippen LogP contribution in [0.15, 0.2) is 41.5 Å². The second-order valence-corrected chi connectivity index (χ2v) is 7.18. The lowest BCUT2D eigenvalue weighted by Gasteiger charge is -2.09. The Morgan fingerprint density at radius 1 is 1.21 bits per heavy atom. The second-order valence-electron chi connectivity index (χ2n) is 5.47. The molecule has 0 radical (unpaired) electrons. The van der Waals surface area contributed by atoms with Gasteiger partial charge in [0.1, 0.15) is 0 Å². The number of carbonyl (C=O) groups is 2. The molecule has 0 saturated carbocycles. The van der Waals surface area contributed by atoms with Crippen LogP contribution in [0, 0.1) is 5.92 Å². The predicted molar refractivity (Wildman–Crippen MR) is 98.9 cm³/mol. The van der Waals surface area contributed by atoms with Crippen LogP contribution in [0.1, 0.15) is 36.0 Å². The summed E-state index contributed by atoms with van der Waals surface area (Å²) in [5.41, 5.74) is 4.63. The lowest BCUT2D eigenvalue weighted by molar-refractivity contribution is -0.118. The van der Waals surface area contributed by atoms with Gasteiger partial charge in [-0.15, -0.1) is 11.3 Å². The van der Waals surface area contributed by atoms with Gasteiger partial charge in [-0.05, 0) is 36.8 Å². The van der Waals surface area contributed by atoms with Gasteiger partial charge in [-0.25, -0.2) is 5.43 Å². The molecule has 0 bridgehead atoms. The quantitative estimate of drug-likeness (QED) is 0.618. The lowest BCUT2D eigenvalue weighted by Crippen LogP contribution is -2.19. The summed E-state index contributed by atoms with van der Waals surface area (Å²) in [4.78, 5) is 24.2. The van der Waals surface area contributed by atoms with Crippen molar-refractivity contribution in [2.24, 2.45) is 11.0 Å². The Balaban J connectivity index is 2.07. The molecule has 0 aliphatic rings. The van der Waals surface area contributed by atoms with Gasteiger partial charge in [0, 0.05) is 11.6 Å². The Morgan fingerprint density at radius 3 is 2.58 bits per heavy atom. The monoisotopic (exact) mass is 363 g/mol. The van der Waals surface area contributed by atoms with E-state index in [0.717, 1.165) is 5.56 Å². The summed E-state index contributed by atoms with van der Waals surface area (Å²) < 4.78 is 0.550. The van der Waals surface area contributed by atoms with Crippen molar-refractivity contribution in [3.05, 3.63) is 51.2 Å². The fourth-order valence-electron chi connectivity index (χ4n) is 1.80. The van der Waals surface area contributed by atoms with Crippen molar-refractivity contribution in [2.75, 3.05) is 5.32 Å². The van der Waals surface area contributed by atoms with E-state index < -0.39 is 0 Å². The lowest BCUT2D eigenvalue weighted by atomic mass is 10.1. The molecule has 0 spiro atoms. The molecule has 2 N–H and O–H groups in total. The van der Waals surface area contributed by atoms with E-state index in [4.69, 9.17) is 11.6 Å². The zero-order chi connectivity index (χ0) is 17.7. The molecule has 0 aliphatic carbocycles. The molecular weight excluding hydrogens is 346 g/mol. The highest BCUT2D eigenvalue weighted by molar-refractivity contribution is 7.17. The summed E-state index contributed by atoms with van der Waals surface area (Å²) in [5.74, 6) is -0.458. The summed E-state index contributed by atoms with van der Waals surface area (Å²) in [6, 6.07) is 10.6. The Kier molecular flexibility index (Phi) is 6.11. The minimum atomic E-state index is -0.310. The first-order valence-corrected chi connectivity index (χ1v) is 8.57. The van der Waals surface area contributed by atoms with Crippen LogP contribution < -0.4 is 10.7 Å². The van der Waals surface area contributed by atoms with Crippen molar-refractivity contribution >= 4 is 46.2 Å². The molecule has 1 heterocycles. The van der Waals surface area contributed by atoms with Crippen LogP contribution in [0.2, 0.25) is 4.34 Å². The Labute approximate surface area is 149 Å². The number of hydrogen-bond acceptors (Lipinski definition) is 4. The number of anilines is 1. The smallest absolute Gasteiger partial charge is 0.281 e. The van der Waals surface area contributed by atoms with Gasteiger partial charge in [0.25, 0.3) is 5.91 Å². The zero-order valence-corrected chi connectivity index (χ0v) is 15.2. The van der Waals surface area contributed by atoms with E-state index in [0.29, 0.717) is 20.6 Å². The molecule has 2 amide bonds. The van der Waals surface area contributed by atoms with Crippen molar-refractivity contribution < 1.29 is 9.59 Å². The van der Waals surface area contributed by atoms with Gasteiger partial charge < -0.3 is 5.32 Å². The second kappa shape index (κ2) is 8.08. The molecule has 5 nitrogen and oxygen atoms in total. The van der Waals surface area contributed by atoms with Crippen LogP contribution in [0.25, 0.3) is 0 Å². The van der Waals surface area contributed by atoms with Crippen LogP contribution in [-0.4, -0.2) is 17.5 Å². The van der Waals surface area contributed by atoms with E-state index in [2.05, 4.69) is 15.8 Å². The molecule has 1 aromatic heterocycles. The third kappa shape index (κ3) is 4.91. The average molecular weight is 364 g/mol. The largest absolute Gasteiger partial charge is 0.326 e. The summed E-state index contributed by atoms with van der Waals surface area (Å²) in [6.07, 6.45) is 0. The van der Waals surface area contributed by atoms with E-state index in [1.807, 2.05) is 38.1 Å². The number of rotatable bonds is 5. The van der Waals surface area contributed by atoms with Crippen LogP contribution >= 0.6 is 22.9 Å². The third-order valence-corrected chi connectivity index (χ3v) is 4.42. The van der Waals surface area contributed by atoms with Crippen molar-refractivity contribution in [1.29, 1.82) is 0 Å². The number of nitrogens with zero attached hydrogens (tertiary/aromatic N) is 1. The van der Waals surface area contributed by atoms with Crippen LogP contribution in [-0.2, 0) is 4.79 Å². The molecule has 0 aliphatic heterocycles. The highest BCUT2D eigenvalue weighted by atomic mass is 35.5. The molecular formula is C17H18ClN3O2S. The molecule has 2 aromatic rings. The molecule has 1 aromatic carbocycles. The first-order valence-electron chi connectivity index (χ1n) is 7.38. The standard InChI is InChI=1S/C17H18ClN3O2S/c1-10(2)16(22)19-13-6-4-5-12(9-13)11(3)20-21-17(23)14-7-8-15(18)24-14/h4-10H,1-3H3,(H,19,22)(H,21,23). The molecule has 0 fully saturated rings. The topological polar surface area (TPSA) is 70.6 Å². The molecule has 126 valence electrons. The number of carbonyl (C=O) groups excluding carboxylic acids is 2. The van der Waals surface area contributed by atoms with Crippen molar-refractivity contribution in [3.63, 3.8) is 0 Å². The van der Waals surface area contributed by atoms with Gasteiger partial charge in [-0.2, -0.15) is 5.10 Å². The maximum Gasteiger partial charge on any atom is 0.281 e. The fraction of sp³-hybridized carbons (Fsp3) is 0.235. The number of benzene rings is 1. The molecule has 2 rings (SSSR count). The third-order valence-electron chi connectivity index (χ3n) is 3.19. The molecule has 0 saturated heterocycles. The molecule has 7 heteroatoms. The maximum absolute atomic E-state index is 12.0. The first-order chi connectivity index (χ1) is 11.4. The molecule has 0 atom stereocenters. The first kappa shape index (κ1) is 18.2. The number of thiophene rings is 1. The highest BCUT2D eigenvalue weighted by Crippen LogP contribution is 2.21. The number of halogens is 1. The highest BCUT2D eigenvalue weighted by Gasteiger charge is 2.09. The fourth-order valence-corrected chi connectivity index (χ4v) is 2.73. The van der Waals surface area contributed by atoms with Gasteiger partial charge >= 0.3 is 0 Å². The summed E-state index contributed by atoms with van der Waals surface area (Å²) in [7, 11) is 0. The minimum absolute atomic E-state index is 0.0513. The van der Waals surface area contributed by atoms with Crippen molar-refractivity contribution in [3.8, 4) is 0 Å². The minimum Gasteiger partial charge on any atom is -0.326 e. The van der Waals surface area contributed by atoms with E-state index >= 15 is 0 Å². The van der Waals surface area contributed by atoms with Crippen LogP contribution in [0.5, 0.6) is 0 Å². The van der Waals surface area contributed by atoms with E-state index in [1.165, 1.54) is 11.3 Å². The maximum atomic E-state index is 12.0. The summed E-state index contributed by atoms with van der Waals surface area (Å²) >= 11 is 7.00. The number of amides is 2. The normalized spacial score (nSPS) is 11.5. The van der Waals surface area contributed by atoms with E-state index in [1.54, 1.807) is 19.1 Å². The van der Waals surface area contributed by atoms with Crippen LogP contribution in [0.4, 0.5) is 5.69 Å². The van der Waals surface area contributed by atoms with Gasteiger partial charge in [-0.3, -0.25) is 9.59 Å². The predicted octanol–water partition coefficient (Wildman–Crippen LogP) is 4.15. The Hall–Kier alpha value is -2.18. The Bertz CT molecular complexity index is 784. The van der Waals surface area contributed by atoms with E-state index in [-0.39, 0.29) is 17.7 Å². The summed E-state index contributed by atoms with van der Waals surface area (Å²) in [6.45, 7) is 5.45. The number of nitrogens with one attached hydrogen (secondary N) is 2. The van der Waals surface area contributed by atoms with E-state index in [9.17, 15) is 9.59 Å². The van der Waals surface area contributed by atoms with Gasteiger partial charge in [0.05, 0.1) is 14.9 Å². The average Bonchev–Trinajstić information content (AvgIpc) is 2.99. The van der Waals surface area contributed by atoms with Gasteiger partial charge in [-0.1, -0.05) is 37.6 Å². The van der Waals surface area contributed by atoms with Gasteiger partial charge in [0.15, 0.2) is 0 Å². The summed E-state index contributed by atoms with van der Waals surface area (Å²) in [5, 5.41) is 6.94. The van der Waals surface area contributed by atoms with Crippen molar-refractivity contribution in [1.82, 2.24) is 5.43 Å². The molecule has 0 unspecified atom stereocenters.